The lowest BCUT2D eigenvalue weighted by molar-refractivity contribution is -0.286. The van der Waals surface area contributed by atoms with Crippen LogP contribution in [0.4, 0.5) is 19.3 Å². The number of anilines is 1. The predicted molar refractivity (Wildman–Crippen MR) is 90.6 cm³/mol. The third kappa shape index (κ3) is 3.67. The maximum Gasteiger partial charge on any atom is 0.586 e. The fourth-order valence-electron chi connectivity index (χ4n) is 2.79. The molecule has 0 saturated carbocycles. The molecule has 0 radical (unpaired) electrons. The van der Waals surface area contributed by atoms with E-state index >= 15 is 0 Å². The summed E-state index contributed by atoms with van der Waals surface area (Å²) in [5.74, 6) is 1.07. The second-order valence-corrected chi connectivity index (χ2v) is 6.14. The van der Waals surface area contributed by atoms with Crippen molar-refractivity contribution in [2.24, 2.45) is 0 Å². The van der Waals surface area contributed by atoms with Gasteiger partial charge in [0.15, 0.2) is 29.1 Å². The van der Waals surface area contributed by atoms with Crippen LogP contribution in [0, 0.1) is 0 Å². The van der Waals surface area contributed by atoms with Crippen molar-refractivity contribution in [3.8, 4) is 23.0 Å². The van der Waals surface area contributed by atoms with Gasteiger partial charge in [-0.1, -0.05) is 12.1 Å². The lowest BCUT2D eigenvalue weighted by Gasteiger charge is -2.29. The van der Waals surface area contributed by atoms with Crippen molar-refractivity contribution in [3.05, 3.63) is 42.5 Å². The number of carbonyl (C=O) groups is 1. The molecule has 2 heterocycles. The van der Waals surface area contributed by atoms with E-state index in [9.17, 15) is 13.6 Å². The number of urea groups is 1. The number of para-hydroxylation sites is 2. The molecule has 2 aromatic carbocycles. The van der Waals surface area contributed by atoms with Crippen molar-refractivity contribution in [3.63, 3.8) is 0 Å². The van der Waals surface area contributed by atoms with Crippen molar-refractivity contribution in [2.45, 2.75) is 12.4 Å². The van der Waals surface area contributed by atoms with E-state index in [1.165, 1.54) is 23.1 Å². The van der Waals surface area contributed by atoms with Crippen LogP contribution < -0.4 is 24.3 Å². The molecule has 4 rings (SSSR count). The first-order valence-corrected chi connectivity index (χ1v) is 8.20. The molecule has 1 atom stereocenters. The van der Waals surface area contributed by atoms with Gasteiger partial charge in [-0.25, -0.2) is 4.79 Å². The van der Waals surface area contributed by atoms with Gasteiger partial charge in [-0.05, 0) is 24.3 Å². The molecule has 27 heavy (non-hydrogen) atoms. The molecule has 2 aromatic rings. The Labute approximate surface area is 153 Å². The van der Waals surface area contributed by atoms with Crippen LogP contribution in [0.5, 0.6) is 23.0 Å². The number of hydrogen-bond acceptors (Lipinski definition) is 5. The van der Waals surface area contributed by atoms with E-state index in [1.54, 1.807) is 13.1 Å². The molecule has 1 unspecified atom stereocenters. The molecule has 1 N–H and O–H groups in total. The monoisotopic (exact) mass is 378 g/mol. The molecule has 2 aliphatic heterocycles. The molecule has 9 heteroatoms. The molecule has 0 fully saturated rings. The minimum atomic E-state index is -3.70. The van der Waals surface area contributed by atoms with Gasteiger partial charge in [0.1, 0.15) is 6.61 Å². The molecule has 0 spiro atoms. The maximum absolute atomic E-state index is 13.1. The number of hydrogen-bond donors (Lipinski definition) is 1. The lowest BCUT2D eigenvalue weighted by Crippen LogP contribution is -2.43. The first kappa shape index (κ1) is 17.2. The number of carbonyl (C=O) groups excluding carboxylic acids is 1. The fraction of sp³-hybridized carbons (Fsp3) is 0.278. The van der Waals surface area contributed by atoms with Crippen molar-refractivity contribution in [2.75, 3.05) is 25.5 Å². The quantitative estimate of drug-likeness (QED) is 0.888. The lowest BCUT2D eigenvalue weighted by atomic mass is 10.2. The average molecular weight is 378 g/mol. The molecular formula is C18H16F2N2O5. The zero-order chi connectivity index (χ0) is 19.0. The van der Waals surface area contributed by atoms with Gasteiger partial charge in [0.05, 0.1) is 6.54 Å². The maximum atomic E-state index is 13.1. The highest BCUT2D eigenvalue weighted by Crippen LogP contribution is 2.42. The Morgan fingerprint density at radius 1 is 1.15 bits per heavy atom. The molecule has 0 saturated heterocycles. The van der Waals surface area contributed by atoms with Gasteiger partial charge < -0.3 is 29.2 Å². The Balaban J connectivity index is 1.35. The standard InChI is InChI=1S/C18H16F2N2O5/c1-22(9-12-10-24-13-4-2-3-5-14(13)25-12)17(23)21-11-6-7-15-16(8-11)27-18(19,20)26-15/h2-8,12H,9-10H2,1H3,(H,21,23). The summed E-state index contributed by atoms with van der Waals surface area (Å²) in [4.78, 5) is 13.8. The van der Waals surface area contributed by atoms with Gasteiger partial charge in [0.25, 0.3) is 0 Å². The van der Waals surface area contributed by atoms with Crippen LogP contribution in [-0.4, -0.2) is 43.5 Å². The highest BCUT2D eigenvalue weighted by Gasteiger charge is 2.43. The van der Waals surface area contributed by atoms with Crippen LogP contribution in [0.2, 0.25) is 0 Å². The van der Waals surface area contributed by atoms with Crippen LogP contribution in [-0.2, 0) is 0 Å². The van der Waals surface area contributed by atoms with E-state index in [0.717, 1.165) is 0 Å². The number of nitrogens with zero attached hydrogens (tertiary/aromatic N) is 1. The summed E-state index contributed by atoms with van der Waals surface area (Å²) in [6.45, 7) is 0.594. The van der Waals surface area contributed by atoms with Gasteiger partial charge >= 0.3 is 12.3 Å². The van der Waals surface area contributed by atoms with Crippen LogP contribution in [0.15, 0.2) is 42.5 Å². The number of halogens is 2. The Hall–Kier alpha value is -3.23. The average Bonchev–Trinajstić information content (AvgIpc) is 2.94. The normalized spacial score (nSPS) is 18.7. The molecule has 0 bridgehead atoms. The molecule has 142 valence electrons. The van der Waals surface area contributed by atoms with E-state index in [4.69, 9.17) is 9.47 Å². The number of nitrogens with one attached hydrogen (secondary N) is 1. The van der Waals surface area contributed by atoms with Gasteiger partial charge in [0, 0.05) is 18.8 Å². The predicted octanol–water partition coefficient (Wildman–Crippen LogP) is 3.31. The van der Waals surface area contributed by atoms with Crippen LogP contribution >= 0.6 is 0 Å². The van der Waals surface area contributed by atoms with E-state index in [0.29, 0.717) is 23.8 Å². The first-order valence-electron chi connectivity index (χ1n) is 8.20. The van der Waals surface area contributed by atoms with Crippen molar-refractivity contribution in [1.82, 2.24) is 4.90 Å². The van der Waals surface area contributed by atoms with E-state index in [2.05, 4.69) is 14.8 Å². The highest BCUT2D eigenvalue weighted by atomic mass is 19.3. The Morgan fingerprint density at radius 2 is 1.89 bits per heavy atom. The number of alkyl halides is 2. The van der Waals surface area contributed by atoms with E-state index in [-0.39, 0.29) is 24.1 Å². The summed E-state index contributed by atoms with van der Waals surface area (Å²) in [5.41, 5.74) is 0.304. The molecule has 0 aliphatic carbocycles. The van der Waals surface area contributed by atoms with Gasteiger partial charge in [-0.2, -0.15) is 0 Å². The SMILES string of the molecule is CN(CC1COc2ccccc2O1)C(=O)Nc1ccc2c(c1)OC(F)(F)O2. The molecule has 0 aromatic heterocycles. The Morgan fingerprint density at radius 3 is 2.70 bits per heavy atom. The van der Waals surface area contributed by atoms with Gasteiger partial charge in [0.2, 0.25) is 0 Å². The number of likely N-dealkylation sites (N-methyl/N-ethyl adjacent to an activating group) is 1. The topological polar surface area (TPSA) is 69.3 Å². The van der Waals surface area contributed by atoms with Crippen molar-refractivity contribution in [1.29, 1.82) is 0 Å². The molecular weight excluding hydrogens is 362 g/mol. The molecule has 2 amide bonds. The summed E-state index contributed by atoms with van der Waals surface area (Å²) in [7, 11) is 1.60. The Kier molecular flexibility index (Phi) is 4.14. The minimum Gasteiger partial charge on any atom is -0.486 e. The van der Waals surface area contributed by atoms with Crippen LogP contribution in [0.25, 0.3) is 0 Å². The zero-order valence-corrected chi connectivity index (χ0v) is 14.3. The first-order chi connectivity index (χ1) is 12.9. The number of rotatable bonds is 3. The third-order valence-electron chi connectivity index (χ3n) is 4.04. The second kappa shape index (κ2) is 6.49. The van der Waals surface area contributed by atoms with Gasteiger partial charge in [-0.15, -0.1) is 8.78 Å². The number of ether oxygens (including phenoxy) is 4. The number of amides is 2. The smallest absolute Gasteiger partial charge is 0.486 e. The summed E-state index contributed by atoms with van der Waals surface area (Å²) in [5, 5.41) is 2.62. The minimum absolute atomic E-state index is 0.0854. The molecule has 2 aliphatic rings. The summed E-state index contributed by atoms with van der Waals surface area (Å²) < 4.78 is 46.3. The summed E-state index contributed by atoms with van der Waals surface area (Å²) in [6, 6.07) is 10.9. The van der Waals surface area contributed by atoms with Crippen molar-refractivity contribution < 1.29 is 32.5 Å². The third-order valence-corrected chi connectivity index (χ3v) is 4.04. The van der Waals surface area contributed by atoms with Crippen molar-refractivity contribution >= 4 is 11.7 Å². The summed E-state index contributed by atoms with van der Waals surface area (Å²) in [6.07, 6.45) is -4.03. The van der Waals surface area contributed by atoms with Crippen LogP contribution in [0.3, 0.4) is 0 Å². The largest absolute Gasteiger partial charge is 0.586 e. The fourth-order valence-corrected chi connectivity index (χ4v) is 2.79. The van der Waals surface area contributed by atoms with E-state index in [1.807, 2.05) is 18.2 Å². The summed E-state index contributed by atoms with van der Waals surface area (Å²) >= 11 is 0. The number of benzene rings is 2. The zero-order valence-electron chi connectivity index (χ0n) is 14.3. The second-order valence-electron chi connectivity index (χ2n) is 6.14. The number of fused-ring (bicyclic) bond motifs is 2. The van der Waals surface area contributed by atoms with Crippen LogP contribution in [0.1, 0.15) is 0 Å². The van der Waals surface area contributed by atoms with Gasteiger partial charge in [-0.3, -0.25) is 0 Å². The molecule has 7 nitrogen and oxygen atoms in total. The highest BCUT2D eigenvalue weighted by molar-refractivity contribution is 5.89. The Bertz CT molecular complexity index is 877. The van der Waals surface area contributed by atoms with E-state index < -0.39 is 12.3 Å².